The standard InChI is InChI=1S/C51H60N8O10S/c1-35(60)58-70(67,68)42-18-16-39(17-19-42)38-14-12-36(13-15-38)30-44-49(65)55-33-41-11-6-5-10-40(41)31-46(62)56-43(48(64)54-26-29-69-28-24-52)22-25-53-45(61)20-21-47(63)59-27-7-23-51(34-59,50(66)57-44)32-37-8-3-2-4-9-37/h2-6,8-21,43-44H,7,22-34,52H2,1H3,(H,53,61)(H,54,64)(H,55,65)(H,56,62)(H,57,66)(H,58,60)/b21-20+/t43-,44-,51-/m0/s1. The molecule has 18 nitrogen and oxygen atoms in total. The van der Waals surface area contributed by atoms with Crippen molar-refractivity contribution in [3.63, 3.8) is 0 Å². The molecule has 70 heavy (non-hydrogen) atoms. The van der Waals surface area contributed by atoms with Crippen LogP contribution in [0.15, 0.2) is 120 Å². The molecule has 2 aliphatic rings. The van der Waals surface area contributed by atoms with E-state index in [9.17, 15) is 42.0 Å². The molecule has 1 saturated heterocycles. The van der Waals surface area contributed by atoms with Gasteiger partial charge in [-0.15, -0.1) is 0 Å². The lowest BCUT2D eigenvalue weighted by Crippen LogP contribution is -2.58. The van der Waals surface area contributed by atoms with Crippen LogP contribution in [-0.4, -0.2) is 113 Å². The second-order valence-electron chi connectivity index (χ2n) is 17.3. The third kappa shape index (κ3) is 14.9. The Balaban J connectivity index is 1.30. The number of fused-ring (bicyclic) bond motifs is 3. The molecule has 7 amide bonds. The predicted octanol–water partition coefficient (Wildman–Crippen LogP) is 1.57. The normalized spacial score (nSPS) is 20.2. The number of benzene rings is 4. The fraction of sp³-hybridized carbons (Fsp3) is 0.353. The number of hydrogen-bond acceptors (Lipinski definition) is 11. The van der Waals surface area contributed by atoms with E-state index in [0.717, 1.165) is 30.2 Å². The van der Waals surface area contributed by atoms with Crippen molar-refractivity contribution in [1.29, 1.82) is 0 Å². The van der Waals surface area contributed by atoms with Gasteiger partial charge < -0.3 is 42.0 Å². The molecule has 6 rings (SSSR count). The summed E-state index contributed by atoms with van der Waals surface area (Å²) in [4.78, 5) is 96.0. The zero-order chi connectivity index (χ0) is 50.1. The Morgan fingerprint density at radius 1 is 0.814 bits per heavy atom. The lowest BCUT2D eigenvalue weighted by Gasteiger charge is -2.42. The summed E-state index contributed by atoms with van der Waals surface area (Å²) in [5, 5.41) is 14.3. The fourth-order valence-corrected chi connectivity index (χ4v) is 9.47. The zero-order valence-electron chi connectivity index (χ0n) is 39.0. The summed E-state index contributed by atoms with van der Waals surface area (Å²) in [5.41, 5.74) is 8.50. The predicted molar refractivity (Wildman–Crippen MR) is 260 cm³/mol. The molecule has 370 valence electrons. The lowest BCUT2D eigenvalue weighted by molar-refractivity contribution is -0.141. The maximum Gasteiger partial charge on any atom is 0.264 e. The average Bonchev–Trinajstić information content (AvgIpc) is 3.34. The number of sulfonamides is 1. The molecule has 2 bridgehead atoms. The zero-order valence-corrected chi connectivity index (χ0v) is 39.9. The number of hydrogen-bond donors (Lipinski definition) is 7. The van der Waals surface area contributed by atoms with E-state index in [1.807, 2.05) is 47.2 Å². The first-order valence-electron chi connectivity index (χ1n) is 23.2. The highest BCUT2D eigenvalue weighted by Crippen LogP contribution is 2.35. The van der Waals surface area contributed by atoms with Gasteiger partial charge in [0.15, 0.2) is 0 Å². The van der Waals surface area contributed by atoms with Crippen molar-refractivity contribution in [2.24, 2.45) is 11.1 Å². The van der Waals surface area contributed by atoms with Crippen LogP contribution >= 0.6 is 0 Å². The summed E-state index contributed by atoms with van der Waals surface area (Å²) >= 11 is 0. The Morgan fingerprint density at radius 3 is 2.20 bits per heavy atom. The molecule has 2 heterocycles. The number of nitrogens with two attached hydrogens (primary N) is 1. The molecule has 4 aromatic carbocycles. The summed E-state index contributed by atoms with van der Waals surface area (Å²) < 4.78 is 32.3. The molecule has 0 spiro atoms. The van der Waals surface area contributed by atoms with Crippen LogP contribution in [0.1, 0.15) is 48.4 Å². The maximum atomic E-state index is 14.9. The third-order valence-corrected chi connectivity index (χ3v) is 13.5. The van der Waals surface area contributed by atoms with Gasteiger partial charge in [0.05, 0.1) is 29.9 Å². The van der Waals surface area contributed by atoms with Crippen LogP contribution in [0.25, 0.3) is 11.1 Å². The minimum Gasteiger partial charge on any atom is -0.378 e. The van der Waals surface area contributed by atoms with Gasteiger partial charge in [-0.1, -0.05) is 91.0 Å². The average molecular weight is 977 g/mol. The van der Waals surface area contributed by atoms with Crippen LogP contribution in [0.3, 0.4) is 0 Å². The Hall–Kier alpha value is -7.22. The molecular weight excluding hydrogens is 917 g/mol. The summed E-state index contributed by atoms with van der Waals surface area (Å²) in [6, 6.07) is 27.5. The van der Waals surface area contributed by atoms with Gasteiger partial charge in [0.2, 0.25) is 41.4 Å². The number of rotatable bonds is 13. The van der Waals surface area contributed by atoms with Gasteiger partial charge in [-0.3, -0.25) is 33.6 Å². The van der Waals surface area contributed by atoms with E-state index in [2.05, 4.69) is 26.6 Å². The van der Waals surface area contributed by atoms with Gasteiger partial charge >= 0.3 is 0 Å². The smallest absolute Gasteiger partial charge is 0.264 e. The molecule has 0 radical (unpaired) electrons. The van der Waals surface area contributed by atoms with E-state index in [0.29, 0.717) is 54.8 Å². The van der Waals surface area contributed by atoms with E-state index in [-0.39, 0.29) is 63.4 Å². The van der Waals surface area contributed by atoms with Gasteiger partial charge in [0, 0.05) is 64.8 Å². The molecule has 1 fully saturated rings. The molecular formula is C51H60N8O10S. The van der Waals surface area contributed by atoms with E-state index < -0.39 is 68.9 Å². The third-order valence-electron chi connectivity index (χ3n) is 12.0. The molecule has 2 aliphatic heterocycles. The highest BCUT2D eigenvalue weighted by atomic mass is 32.2. The molecule has 4 aromatic rings. The van der Waals surface area contributed by atoms with Crippen molar-refractivity contribution in [3.05, 3.63) is 138 Å². The fourth-order valence-electron chi connectivity index (χ4n) is 8.48. The van der Waals surface area contributed by atoms with Crippen LogP contribution in [0.2, 0.25) is 0 Å². The van der Waals surface area contributed by atoms with Crippen LogP contribution in [0, 0.1) is 5.41 Å². The highest BCUT2D eigenvalue weighted by molar-refractivity contribution is 7.90. The molecule has 19 heteroatoms. The quantitative estimate of drug-likeness (QED) is 0.0946. The number of carbonyl (C=O) groups excluding carboxylic acids is 7. The van der Waals surface area contributed by atoms with Gasteiger partial charge in [0.25, 0.3) is 10.0 Å². The minimum atomic E-state index is -4.03. The topological polar surface area (TPSA) is 264 Å². The Bertz CT molecular complexity index is 2650. The van der Waals surface area contributed by atoms with Crippen LogP contribution in [0.5, 0.6) is 0 Å². The maximum absolute atomic E-state index is 14.9. The van der Waals surface area contributed by atoms with E-state index in [1.165, 1.54) is 17.0 Å². The molecule has 0 aliphatic carbocycles. The van der Waals surface area contributed by atoms with Crippen molar-refractivity contribution < 1.29 is 46.7 Å². The number of nitrogens with one attached hydrogen (secondary N) is 6. The minimum absolute atomic E-state index is 0.00753. The van der Waals surface area contributed by atoms with Crippen molar-refractivity contribution in [2.45, 2.75) is 69.0 Å². The van der Waals surface area contributed by atoms with E-state index >= 15 is 0 Å². The Labute approximate surface area is 407 Å². The summed E-state index contributed by atoms with van der Waals surface area (Å²) in [6.07, 6.45) is 3.31. The number of ether oxygens (including phenoxy) is 1. The second kappa shape index (κ2) is 24.9. The first-order chi connectivity index (χ1) is 33.6. The SMILES string of the molecule is CC(=O)NS(=O)(=O)c1ccc(-c2ccc(C[C@@H]3NC(=O)[C@]4(Cc5ccccc5)CCCN(C4)C(=O)/C=C/C(=O)NCC[C@@H](C(=O)NCCOCCN)NC(=O)Cc4ccccc4CNC3=O)cc2)cc1. The van der Waals surface area contributed by atoms with Crippen LogP contribution < -0.4 is 37.0 Å². The Morgan fingerprint density at radius 2 is 1.50 bits per heavy atom. The summed E-state index contributed by atoms with van der Waals surface area (Å²) in [7, 11) is -4.03. The molecule has 0 aromatic heterocycles. The number of piperidine rings is 1. The largest absolute Gasteiger partial charge is 0.378 e. The number of nitrogens with zero attached hydrogens (tertiary/aromatic N) is 1. The van der Waals surface area contributed by atoms with Gasteiger partial charge in [-0.05, 0) is 71.2 Å². The monoisotopic (exact) mass is 976 g/mol. The Kier molecular flexibility index (Phi) is 18.5. The van der Waals surface area contributed by atoms with Crippen molar-refractivity contribution in [2.75, 3.05) is 45.9 Å². The lowest BCUT2D eigenvalue weighted by atomic mass is 9.74. The van der Waals surface area contributed by atoms with Gasteiger partial charge in [-0.2, -0.15) is 0 Å². The molecule has 3 atom stereocenters. The second-order valence-corrected chi connectivity index (χ2v) is 19.0. The molecule has 0 saturated carbocycles. The van der Waals surface area contributed by atoms with Crippen molar-refractivity contribution in [3.8, 4) is 11.1 Å². The summed E-state index contributed by atoms with van der Waals surface area (Å²) in [5.74, 6) is -3.69. The van der Waals surface area contributed by atoms with Crippen molar-refractivity contribution in [1.82, 2.24) is 36.2 Å². The molecule has 0 unspecified atom stereocenters. The van der Waals surface area contributed by atoms with Crippen LogP contribution in [0.4, 0.5) is 0 Å². The van der Waals surface area contributed by atoms with Gasteiger partial charge in [-0.25, -0.2) is 13.1 Å². The molecule has 8 N–H and O–H groups in total. The first kappa shape index (κ1) is 52.2. The van der Waals surface area contributed by atoms with E-state index in [1.54, 1.807) is 48.5 Å². The van der Waals surface area contributed by atoms with Crippen molar-refractivity contribution >= 4 is 51.4 Å². The summed E-state index contributed by atoms with van der Waals surface area (Å²) in [6.45, 7) is 2.42. The highest BCUT2D eigenvalue weighted by Gasteiger charge is 2.44. The first-order valence-corrected chi connectivity index (χ1v) is 24.6. The van der Waals surface area contributed by atoms with Gasteiger partial charge in [0.1, 0.15) is 12.1 Å². The number of amides is 7. The van der Waals surface area contributed by atoms with Crippen LogP contribution in [-0.2, 0) is 74.1 Å². The number of carbonyl (C=O) groups is 7. The van der Waals surface area contributed by atoms with E-state index in [4.69, 9.17) is 10.5 Å².